The Bertz CT molecular complexity index is 1130. The van der Waals surface area contributed by atoms with Crippen LogP contribution in [0.15, 0.2) is 53.6 Å². The molecule has 2 aromatic rings. The number of methoxy groups -OCH3 is 1. The van der Waals surface area contributed by atoms with E-state index in [2.05, 4.69) is 9.82 Å². The summed E-state index contributed by atoms with van der Waals surface area (Å²) in [6.45, 7) is 1.55. The van der Waals surface area contributed by atoms with Gasteiger partial charge in [-0.1, -0.05) is 24.3 Å². The number of hydrogen-bond donors (Lipinski definition) is 1. The number of hydrogen-bond acceptors (Lipinski definition) is 6. The van der Waals surface area contributed by atoms with Crippen LogP contribution in [0.3, 0.4) is 0 Å². The van der Waals surface area contributed by atoms with Gasteiger partial charge in [0.15, 0.2) is 0 Å². The summed E-state index contributed by atoms with van der Waals surface area (Å²) < 4.78 is 57.1. The number of hydrazone groups is 1. The summed E-state index contributed by atoms with van der Waals surface area (Å²) in [5.41, 5.74) is 2.42. The smallest absolute Gasteiger partial charge is 0.247 e. The lowest BCUT2D eigenvalue weighted by atomic mass is 9.99. The lowest BCUT2D eigenvalue weighted by molar-refractivity contribution is 0.374. The Morgan fingerprint density at radius 3 is 2.41 bits per heavy atom. The highest BCUT2D eigenvalue weighted by Crippen LogP contribution is 2.35. The van der Waals surface area contributed by atoms with Crippen molar-refractivity contribution < 1.29 is 21.6 Å². The monoisotopic (exact) mass is 437 g/mol. The fourth-order valence-electron chi connectivity index (χ4n) is 3.06. The molecule has 0 unspecified atom stereocenters. The van der Waals surface area contributed by atoms with E-state index >= 15 is 0 Å². The quantitative estimate of drug-likeness (QED) is 0.717. The van der Waals surface area contributed by atoms with Gasteiger partial charge in [-0.3, -0.25) is 4.72 Å². The Hall–Kier alpha value is -2.59. The normalized spacial score (nSPS) is 17.1. The van der Waals surface area contributed by atoms with Crippen molar-refractivity contribution >= 4 is 31.4 Å². The van der Waals surface area contributed by atoms with E-state index in [4.69, 9.17) is 4.74 Å². The molecule has 3 rings (SSSR count). The minimum atomic E-state index is -3.60. The molecule has 0 fully saturated rings. The lowest BCUT2D eigenvalue weighted by Crippen LogP contribution is -2.25. The van der Waals surface area contributed by atoms with Crippen molar-refractivity contribution in [3.05, 3.63) is 59.7 Å². The highest BCUT2D eigenvalue weighted by Gasteiger charge is 2.34. The number of anilines is 1. The van der Waals surface area contributed by atoms with Gasteiger partial charge < -0.3 is 4.74 Å². The van der Waals surface area contributed by atoms with Crippen LogP contribution in [0.2, 0.25) is 0 Å². The molecule has 2 aromatic carbocycles. The van der Waals surface area contributed by atoms with Crippen molar-refractivity contribution in [1.82, 2.24) is 4.41 Å². The lowest BCUT2D eigenvalue weighted by Gasteiger charge is -2.21. The van der Waals surface area contributed by atoms with Crippen LogP contribution >= 0.6 is 0 Å². The first-order valence-corrected chi connectivity index (χ1v) is 12.4. The molecule has 0 radical (unpaired) electrons. The molecule has 156 valence electrons. The van der Waals surface area contributed by atoms with Gasteiger partial charge in [0, 0.05) is 12.1 Å². The number of benzene rings is 2. The third-order valence-electron chi connectivity index (χ3n) is 4.56. The molecule has 0 aromatic heterocycles. The number of nitrogens with one attached hydrogen (secondary N) is 1. The second-order valence-electron chi connectivity index (χ2n) is 6.66. The Labute approximate surface area is 171 Å². The van der Waals surface area contributed by atoms with E-state index in [0.29, 0.717) is 29.1 Å². The van der Waals surface area contributed by atoms with Crippen LogP contribution in [0.1, 0.15) is 30.5 Å². The van der Waals surface area contributed by atoms with E-state index in [1.165, 1.54) is 0 Å². The van der Waals surface area contributed by atoms with Gasteiger partial charge in [-0.25, -0.2) is 16.8 Å². The molecular weight excluding hydrogens is 414 g/mol. The first kappa shape index (κ1) is 21.1. The van der Waals surface area contributed by atoms with E-state index in [1.807, 2.05) is 12.1 Å². The Morgan fingerprint density at radius 1 is 1.14 bits per heavy atom. The maximum atomic E-state index is 12.3. The molecule has 0 amide bonds. The molecule has 1 heterocycles. The molecule has 1 N–H and O–H groups in total. The average Bonchev–Trinajstić information content (AvgIpc) is 3.14. The summed E-state index contributed by atoms with van der Waals surface area (Å²) in [7, 11) is -5.45. The van der Waals surface area contributed by atoms with Crippen LogP contribution in [0, 0.1) is 0 Å². The Kier molecular flexibility index (Phi) is 5.85. The van der Waals surface area contributed by atoms with E-state index in [-0.39, 0.29) is 5.75 Å². The van der Waals surface area contributed by atoms with Crippen molar-refractivity contribution in [3.63, 3.8) is 0 Å². The minimum absolute atomic E-state index is 0.0421. The van der Waals surface area contributed by atoms with Crippen molar-refractivity contribution in [3.8, 4) is 5.75 Å². The zero-order valence-electron chi connectivity index (χ0n) is 16.4. The van der Waals surface area contributed by atoms with Gasteiger partial charge in [0.05, 0.1) is 30.9 Å². The van der Waals surface area contributed by atoms with E-state index < -0.39 is 26.1 Å². The average molecular weight is 438 g/mol. The van der Waals surface area contributed by atoms with Gasteiger partial charge in [0.1, 0.15) is 5.75 Å². The number of rotatable bonds is 7. The summed E-state index contributed by atoms with van der Waals surface area (Å²) >= 11 is 0. The third kappa shape index (κ3) is 4.88. The predicted molar refractivity (Wildman–Crippen MR) is 113 cm³/mol. The fourth-order valence-corrected chi connectivity index (χ4v) is 4.59. The number of sulfonamides is 2. The summed E-state index contributed by atoms with van der Waals surface area (Å²) in [5, 5.41) is 4.34. The van der Waals surface area contributed by atoms with Crippen LogP contribution in [-0.4, -0.2) is 46.1 Å². The molecule has 29 heavy (non-hydrogen) atoms. The van der Waals surface area contributed by atoms with Crippen LogP contribution < -0.4 is 9.46 Å². The second kappa shape index (κ2) is 8.03. The van der Waals surface area contributed by atoms with Gasteiger partial charge in [-0.15, -0.1) is 0 Å². The second-order valence-corrected chi connectivity index (χ2v) is 10.5. The van der Waals surface area contributed by atoms with Gasteiger partial charge >= 0.3 is 0 Å². The van der Waals surface area contributed by atoms with Crippen LogP contribution in [0.4, 0.5) is 5.69 Å². The topological polar surface area (TPSA) is 105 Å². The van der Waals surface area contributed by atoms with E-state index in [1.54, 1.807) is 50.4 Å². The first-order chi connectivity index (χ1) is 13.6. The molecule has 0 aliphatic carbocycles. The van der Waals surface area contributed by atoms with Gasteiger partial charge in [-0.2, -0.15) is 9.52 Å². The van der Waals surface area contributed by atoms with Gasteiger partial charge in [0.25, 0.3) is 0 Å². The molecule has 0 saturated carbocycles. The number of ether oxygens (including phenoxy) is 1. The maximum absolute atomic E-state index is 12.3. The van der Waals surface area contributed by atoms with Crippen molar-refractivity contribution in [2.24, 2.45) is 5.10 Å². The summed E-state index contributed by atoms with van der Waals surface area (Å²) in [4.78, 5) is 0. The van der Waals surface area contributed by atoms with Gasteiger partial charge in [-0.05, 0) is 42.3 Å². The van der Waals surface area contributed by atoms with E-state index in [9.17, 15) is 16.8 Å². The Balaban J connectivity index is 1.94. The van der Waals surface area contributed by atoms with Crippen molar-refractivity contribution in [2.45, 2.75) is 19.4 Å². The summed E-state index contributed by atoms with van der Waals surface area (Å²) in [6.07, 6.45) is 1.48. The highest BCUT2D eigenvalue weighted by molar-refractivity contribution is 7.92. The summed E-state index contributed by atoms with van der Waals surface area (Å²) in [6, 6.07) is 13.5. The van der Waals surface area contributed by atoms with E-state index in [0.717, 1.165) is 16.2 Å². The molecule has 1 aliphatic heterocycles. The maximum Gasteiger partial charge on any atom is 0.247 e. The fraction of sp³-hybridized carbons (Fsp3) is 0.316. The van der Waals surface area contributed by atoms with Crippen LogP contribution in [0.5, 0.6) is 5.75 Å². The molecule has 10 heteroatoms. The third-order valence-corrected chi connectivity index (χ3v) is 6.88. The highest BCUT2D eigenvalue weighted by atomic mass is 32.2. The molecule has 0 saturated heterocycles. The predicted octanol–water partition coefficient (Wildman–Crippen LogP) is 2.57. The molecule has 0 spiro atoms. The largest absolute Gasteiger partial charge is 0.497 e. The molecule has 1 aliphatic rings. The SMILES string of the molecule is CCS(=O)(=O)Nc1cccc(C2=NN(S(C)(=O)=O)[C@H](c3ccc(OC)cc3)C2)c1. The standard InChI is InChI=1S/C19H23N3O5S2/c1-4-29(25,26)21-16-7-5-6-15(12-16)18-13-19(22(20-18)28(3,23)24)14-8-10-17(27-2)11-9-14/h5-12,19,21H,4,13H2,1-3H3/t19-/m0/s1. The van der Waals surface area contributed by atoms with Crippen molar-refractivity contribution in [1.29, 1.82) is 0 Å². The summed E-state index contributed by atoms with van der Waals surface area (Å²) in [5.74, 6) is 0.634. The van der Waals surface area contributed by atoms with Gasteiger partial charge in [0.2, 0.25) is 20.0 Å². The molecular formula is C19H23N3O5S2. The van der Waals surface area contributed by atoms with Crippen LogP contribution in [-0.2, 0) is 20.0 Å². The van der Waals surface area contributed by atoms with Crippen LogP contribution in [0.25, 0.3) is 0 Å². The molecule has 8 nitrogen and oxygen atoms in total. The molecule has 0 bridgehead atoms. The first-order valence-electron chi connectivity index (χ1n) is 8.94. The molecule has 1 atom stereocenters. The zero-order valence-corrected chi connectivity index (χ0v) is 18.0. The minimum Gasteiger partial charge on any atom is -0.497 e. The number of nitrogens with zero attached hydrogens (tertiary/aromatic N) is 2. The van der Waals surface area contributed by atoms with Crippen molar-refractivity contribution in [2.75, 3.05) is 23.8 Å². The zero-order chi connectivity index (χ0) is 21.2. The Morgan fingerprint density at radius 2 is 1.83 bits per heavy atom.